The summed E-state index contributed by atoms with van der Waals surface area (Å²) in [5.41, 5.74) is 2.09. The van der Waals surface area contributed by atoms with Crippen molar-refractivity contribution >= 4 is 23.3 Å². The Morgan fingerprint density at radius 3 is 2.53 bits per heavy atom. The highest BCUT2D eigenvalue weighted by atomic mass is 35.5. The van der Waals surface area contributed by atoms with E-state index in [-0.39, 0.29) is 0 Å². The predicted molar refractivity (Wildman–Crippen MR) is 77.9 cm³/mol. The van der Waals surface area contributed by atoms with Crippen molar-refractivity contribution in [1.29, 1.82) is 5.26 Å². The molecule has 2 aromatic rings. The second kappa shape index (κ2) is 6.08. The van der Waals surface area contributed by atoms with Gasteiger partial charge in [0.1, 0.15) is 5.75 Å². The number of para-hydroxylation sites is 1. The molecule has 3 heteroatoms. The summed E-state index contributed by atoms with van der Waals surface area (Å²) in [4.78, 5) is 0. The third kappa shape index (κ3) is 2.96. The van der Waals surface area contributed by atoms with Gasteiger partial charge >= 0.3 is 0 Å². The quantitative estimate of drug-likeness (QED) is 0.611. The van der Waals surface area contributed by atoms with Crippen molar-refractivity contribution < 1.29 is 4.74 Å². The number of rotatable bonds is 3. The summed E-state index contributed by atoms with van der Waals surface area (Å²) in [5, 5.41) is 9.95. The van der Waals surface area contributed by atoms with Gasteiger partial charge in [0.15, 0.2) is 0 Å². The molecule has 0 N–H and O–H groups in total. The molecule has 0 amide bonds. The van der Waals surface area contributed by atoms with E-state index in [0.717, 1.165) is 11.1 Å². The third-order valence-electron chi connectivity index (χ3n) is 2.72. The molecule has 2 nitrogen and oxygen atoms in total. The number of allylic oxidation sites excluding steroid dienone is 1. The molecule has 0 spiro atoms. The lowest BCUT2D eigenvalue weighted by molar-refractivity contribution is 0.413. The highest BCUT2D eigenvalue weighted by Crippen LogP contribution is 2.28. The van der Waals surface area contributed by atoms with Crippen LogP contribution in [-0.4, -0.2) is 7.11 Å². The molecular weight excluding hydrogens is 258 g/mol. The number of hydrogen-bond acceptors (Lipinski definition) is 2. The fraction of sp³-hybridized carbons (Fsp3) is 0.0625. The van der Waals surface area contributed by atoms with E-state index >= 15 is 0 Å². The Labute approximate surface area is 117 Å². The van der Waals surface area contributed by atoms with Gasteiger partial charge in [-0.2, -0.15) is 5.26 Å². The molecular formula is C16H12ClNO. The molecule has 19 heavy (non-hydrogen) atoms. The highest BCUT2D eigenvalue weighted by Gasteiger charge is 2.08. The minimum Gasteiger partial charge on any atom is -0.496 e. The van der Waals surface area contributed by atoms with Gasteiger partial charge in [0.25, 0.3) is 0 Å². The van der Waals surface area contributed by atoms with E-state index in [2.05, 4.69) is 6.07 Å². The molecule has 2 rings (SSSR count). The predicted octanol–water partition coefficient (Wildman–Crippen LogP) is 4.41. The van der Waals surface area contributed by atoms with Gasteiger partial charge in [0, 0.05) is 10.6 Å². The number of nitrogens with zero attached hydrogens (tertiary/aromatic N) is 1. The van der Waals surface area contributed by atoms with Crippen LogP contribution in [-0.2, 0) is 0 Å². The van der Waals surface area contributed by atoms with E-state index in [9.17, 15) is 5.26 Å². The Morgan fingerprint density at radius 2 is 1.84 bits per heavy atom. The second-order valence-electron chi connectivity index (χ2n) is 3.89. The number of benzene rings is 2. The Hall–Kier alpha value is -2.24. The van der Waals surface area contributed by atoms with Crippen molar-refractivity contribution in [3.05, 3.63) is 64.7 Å². The summed E-state index contributed by atoms with van der Waals surface area (Å²) < 4.78 is 5.27. The Morgan fingerprint density at radius 1 is 1.16 bits per heavy atom. The fourth-order valence-corrected chi connectivity index (χ4v) is 1.98. The van der Waals surface area contributed by atoms with Crippen molar-refractivity contribution in [2.75, 3.05) is 7.11 Å². The standard InChI is InChI=1S/C16H12ClNO/c1-19-16-9-5-3-7-14(16)13(11-18)10-12-6-2-4-8-15(12)17/h2-10H,1H3. The topological polar surface area (TPSA) is 33.0 Å². The minimum absolute atomic E-state index is 0.519. The lowest BCUT2D eigenvalue weighted by Gasteiger charge is -2.07. The van der Waals surface area contributed by atoms with Crippen molar-refractivity contribution in [3.8, 4) is 11.8 Å². The van der Waals surface area contributed by atoms with Gasteiger partial charge < -0.3 is 4.74 Å². The van der Waals surface area contributed by atoms with Gasteiger partial charge in [-0.1, -0.05) is 41.9 Å². The van der Waals surface area contributed by atoms with Crippen LogP contribution in [0.2, 0.25) is 5.02 Å². The van der Waals surface area contributed by atoms with Crippen LogP contribution in [0.15, 0.2) is 48.5 Å². The Kier molecular flexibility index (Phi) is 4.22. The van der Waals surface area contributed by atoms with E-state index < -0.39 is 0 Å². The van der Waals surface area contributed by atoms with Crippen molar-refractivity contribution in [3.63, 3.8) is 0 Å². The second-order valence-corrected chi connectivity index (χ2v) is 4.30. The van der Waals surface area contributed by atoms with Gasteiger partial charge in [0.2, 0.25) is 0 Å². The number of halogens is 1. The minimum atomic E-state index is 0.519. The molecule has 0 bridgehead atoms. The van der Waals surface area contributed by atoms with E-state index in [1.165, 1.54) is 0 Å². The summed E-state index contributed by atoms with van der Waals surface area (Å²) in [5.74, 6) is 0.669. The molecule has 0 radical (unpaired) electrons. The van der Waals surface area contributed by atoms with Crippen LogP contribution in [0.1, 0.15) is 11.1 Å². The number of nitriles is 1. The van der Waals surface area contributed by atoms with Crippen molar-refractivity contribution in [2.24, 2.45) is 0 Å². The van der Waals surface area contributed by atoms with Crippen LogP contribution < -0.4 is 4.74 Å². The molecule has 2 aromatic carbocycles. The van der Waals surface area contributed by atoms with E-state index in [0.29, 0.717) is 16.3 Å². The Bertz CT molecular complexity index is 656. The zero-order valence-corrected chi connectivity index (χ0v) is 11.2. The summed E-state index contributed by atoms with van der Waals surface area (Å²) in [6.07, 6.45) is 1.76. The van der Waals surface area contributed by atoms with Crippen molar-refractivity contribution in [2.45, 2.75) is 0 Å². The molecule has 0 aliphatic rings. The first-order valence-electron chi connectivity index (χ1n) is 5.76. The summed E-state index contributed by atoms with van der Waals surface area (Å²) in [6.45, 7) is 0. The molecule has 0 saturated carbocycles. The lowest BCUT2D eigenvalue weighted by atomic mass is 10.0. The molecule has 0 heterocycles. The molecule has 0 aliphatic carbocycles. The maximum absolute atomic E-state index is 9.33. The molecule has 0 saturated heterocycles. The average Bonchev–Trinajstić information content (AvgIpc) is 2.46. The Balaban J connectivity index is 2.52. The van der Waals surface area contributed by atoms with Crippen LogP contribution in [0, 0.1) is 11.3 Å². The molecule has 0 unspecified atom stereocenters. The number of ether oxygens (including phenoxy) is 1. The fourth-order valence-electron chi connectivity index (χ4n) is 1.79. The van der Waals surface area contributed by atoms with Gasteiger partial charge in [-0.25, -0.2) is 0 Å². The van der Waals surface area contributed by atoms with Crippen LogP contribution in [0.25, 0.3) is 11.6 Å². The maximum atomic E-state index is 9.33. The van der Waals surface area contributed by atoms with E-state index in [1.807, 2.05) is 42.5 Å². The van der Waals surface area contributed by atoms with Gasteiger partial charge in [-0.15, -0.1) is 0 Å². The van der Waals surface area contributed by atoms with Crippen LogP contribution in [0.4, 0.5) is 0 Å². The van der Waals surface area contributed by atoms with Gasteiger partial charge in [-0.05, 0) is 29.8 Å². The third-order valence-corrected chi connectivity index (χ3v) is 3.07. The van der Waals surface area contributed by atoms with Gasteiger partial charge in [0.05, 0.1) is 18.8 Å². The van der Waals surface area contributed by atoms with Crippen molar-refractivity contribution in [1.82, 2.24) is 0 Å². The van der Waals surface area contributed by atoms with Crippen LogP contribution in [0.3, 0.4) is 0 Å². The number of methoxy groups -OCH3 is 1. The number of hydrogen-bond donors (Lipinski definition) is 0. The van der Waals surface area contributed by atoms with E-state index in [1.54, 1.807) is 19.3 Å². The lowest BCUT2D eigenvalue weighted by Crippen LogP contribution is -1.90. The molecule has 0 aliphatic heterocycles. The summed E-state index contributed by atoms with van der Waals surface area (Å²) in [6, 6.07) is 17.0. The normalized spacial score (nSPS) is 10.9. The smallest absolute Gasteiger partial charge is 0.127 e. The highest BCUT2D eigenvalue weighted by molar-refractivity contribution is 6.32. The summed E-state index contributed by atoms with van der Waals surface area (Å²) in [7, 11) is 1.59. The van der Waals surface area contributed by atoms with E-state index in [4.69, 9.17) is 16.3 Å². The average molecular weight is 270 g/mol. The van der Waals surface area contributed by atoms with Crippen LogP contribution >= 0.6 is 11.6 Å². The van der Waals surface area contributed by atoms with Crippen LogP contribution in [0.5, 0.6) is 5.75 Å². The zero-order valence-electron chi connectivity index (χ0n) is 10.4. The zero-order chi connectivity index (χ0) is 13.7. The first-order chi connectivity index (χ1) is 9.26. The van der Waals surface area contributed by atoms with Gasteiger partial charge in [-0.3, -0.25) is 0 Å². The molecule has 0 fully saturated rings. The largest absolute Gasteiger partial charge is 0.496 e. The molecule has 94 valence electrons. The summed E-state index contributed by atoms with van der Waals surface area (Å²) >= 11 is 6.10. The maximum Gasteiger partial charge on any atom is 0.127 e. The first kappa shape index (κ1) is 13.2. The molecule has 0 atom stereocenters. The molecule has 0 aromatic heterocycles. The monoisotopic (exact) mass is 269 g/mol. The first-order valence-corrected chi connectivity index (χ1v) is 6.13. The SMILES string of the molecule is COc1ccccc1C(C#N)=Cc1ccccc1Cl.